The molecule has 1 saturated carbocycles. The van der Waals surface area contributed by atoms with Gasteiger partial charge in [0, 0.05) is 18.8 Å². The Labute approximate surface area is 91.3 Å². The molecule has 0 bridgehead atoms. The molecule has 1 heterocycles. The van der Waals surface area contributed by atoms with Crippen molar-refractivity contribution in [2.45, 2.75) is 32.2 Å². The van der Waals surface area contributed by atoms with E-state index in [2.05, 4.69) is 22.9 Å². The molecule has 1 aromatic heterocycles. The zero-order chi connectivity index (χ0) is 10.7. The first-order valence-electron chi connectivity index (χ1n) is 5.70. The molecule has 82 valence electrons. The van der Waals surface area contributed by atoms with E-state index in [-0.39, 0.29) is 0 Å². The van der Waals surface area contributed by atoms with Crippen LogP contribution in [0.15, 0.2) is 18.3 Å². The van der Waals surface area contributed by atoms with Gasteiger partial charge in [-0.25, -0.2) is 4.98 Å². The van der Waals surface area contributed by atoms with E-state index in [1.165, 1.54) is 18.4 Å². The van der Waals surface area contributed by atoms with Crippen LogP contribution in [0.2, 0.25) is 0 Å². The lowest BCUT2D eigenvalue weighted by molar-refractivity contribution is 0.722. The first-order valence-corrected chi connectivity index (χ1v) is 5.70. The number of aryl methyl sites for hydroxylation is 1. The Kier molecular flexibility index (Phi) is 3.21. The van der Waals surface area contributed by atoms with Gasteiger partial charge in [0.25, 0.3) is 0 Å². The molecule has 1 aliphatic carbocycles. The number of aromatic nitrogens is 1. The molecular formula is C12H19N3. The van der Waals surface area contributed by atoms with Crippen molar-refractivity contribution in [1.82, 2.24) is 4.98 Å². The second-order valence-electron chi connectivity index (χ2n) is 4.26. The largest absolute Gasteiger partial charge is 0.354 e. The van der Waals surface area contributed by atoms with Crippen LogP contribution in [0.1, 0.15) is 24.8 Å². The van der Waals surface area contributed by atoms with Gasteiger partial charge in [0.1, 0.15) is 5.82 Å². The molecule has 1 fully saturated rings. The van der Waals surface area contributed by atoms with Gasteiger partial charge in [0.15, 0.2) is 0 Å². The highest BCUT2D eigenvalue weighted by Gasteiger charge is 2.29. The van der Waals surface area contributed by atoms with Crippen molar-refractivity contribution < 1.29 is 0 Å². The summed E-state index contributed by atoms with van der Waals surface area (Å²) < 4.78 is 0. The molecule has 0 spiro atoms. The molecule has 3 heteroatoms. The van der Waals surface area contributed by atoms with Gasteiger partial charge in [-0.1, -0.05) is 0 Å². The molecule has 0 unspecified atom stereocenters. The predicted octanol–water partition coefficient (Wildman–Crippen LogP) is 1.71. The second kappa shape index (κ2) is 4.62. The molecule has 0 aliphatic heterocycles. The molecule has 0 aromatic carbocycles. The molecule has 0 amide bonds. The third-order valence-corrected chi connectivity index (χ3v) is 2.79. The lowest BCUT2D eigenvalue weighted by Crippen LogP contribution is -2.29. The summed E-state index contributed by atoms with van der Waals surface area (Å²) in [5.74, 6) is 1.12. The minimum Gasteiger partial charge on any atom is -0.354 e. The third-order valence-electron chi connectivity index (χ3n) is 2.79. The van der Waals surface area contributed by atoms with Crippen LogP contribution in [0.4, 0.5) is 5.82 Å². The predicted molar refractivity (Wildman–Crippen MR) is 63.0 cm³/mol. The maximum atomic E-state index is 5.56. The number of hydrogen-bond acceptors (Lipinski definition) is 3. The Bertz CT molecular complexity index is 320. The monoisotopic (exact) mass is 205 g/mol. The van der Waals surface area contributed by atoms with Gasteiger partial charge in [-0.2, -0.15) is 0 Å². The maximum Gasteiger partial charge on any atom is 0.128 e. The molecule has 2 rings (SSSR count). The first-order chi connectivity index (χ1) is 7.31. The highest BCUT2D eigenvalue weighted by atomic mass is 15.2. The minimum atomic E-state index is 0.714. The van der Waals surface area contributed by atoms with Crippen molar-refractivity contribution in [2.75, 3.05) is 18.0 Å². The van der Waals surface area contributed by atoms with Gasteiger partial charge in [-0.3, -0.25) is 0 Å². The molecule has 3 nitrogen and oxygen atoms in total. The number of anilines is 1. The Morgan fingerprint density at radius 3 is 2.93 bits per heavy atom. The molecule has 2 N–H and O–H groups in total. The normalized spacial score (nSPS) is 15.3. The van der Waals surface area contributed by atoms with E-state index < -0.39 is 0 Å². The fraction of sp³-hybridized carbons (Fsp3) is 0.583. The zero-order valence-electron chi connectivity index (χ0n) is 9.32. The molecule has 0 radical (unpaired) electrons. The number of pyridine rings is 1. The van der Waals surface area contributed by atoms with Gasteiger partial charge >= 0.3 is 0 Å². The van der Waals surface area contributed by atoms with E-state index in [9.17, 15) is 0 Å². The van der Waals surface area contributed by atoms with E-state index in [0.29, 0.717) is 6.04 Å². The average molecular weight is 205 g/mol. The van der Waals surface area contributed by atoms with E-state index in [1.54, 1.807) is 0 Å². The topological polar surface area (TPSA) is 42.2 Å². The van der Waals surface area contributed by atoms with Gasteiger partial charge in [-0.15, -0.1) is 0 Å². The first kappa shape index (κ1) is 10.4. The van der Waals surface area contributed by atoms with E-state index in [0.717, 1.165) is 25.3 Å². The number of nitrogens with zero attached hydrogens (tertiary/aromatic N) is 2. The Morgan fingerprint density at radius 2 is 2.33 bits per heavy atom. The van der Waals surface area contributed by atoms with Gasteiger partial charge in [0.05, 0.1) is 0 Å². The zero-order valence-corrected chi connectivity index (χ0v) is 9.32. The highest BCUT2D eigenvalue weighted by Crippen LogP contribution is 2.30. The molecule has 15 heavy (non-hydrogen) atoms. The molecule has 0 saturated heterocycles. The Hall–Kier alpha value is -1.09. The van der Waals surface area contributed by atoms with Crippen LogP contribution in [0.3, 0.4) is 0 Å². The van der Waals surface area contributed by atoms with Gasteiger partial charge < -0.3 is 10.6 Å². The summed E-state index contributed by atoms with van der Waals surface area (Å²) in [6.07, 6.45) is 5.55. The smallest absolute Gasteiger partial charge is 0.128 e. The number of hydrogen-bond donors (Lipinski definition) is 1. The summed E-state index contributed by atoms with van der Waals surface area (Å²) in [5.41, 5.74) is 6.83. The van der Waals surface area contributed by atoms with Crippen LogP contribution in [0, 0.1) is 6.92 Å². The van der Waals surface area contributed by atoms with E-state index in [1.807, 2.05) is 12.3 Å². The lowest BCUT2D eigenvalue weighted by Gasteiger charge is -2.23. The van der Waals surface area contributed by atoms with Crippen molar-refractivity contribution >= 4 is 5.82 Å². The van der Waals surface area contributed by atoms with Crippen molar-refractivity contribution in [3.05, 3.63) is 23.9 Å². The van der Waals surface area contributed by atoms with Crippen LogP contribution in [0.25, 0.3) is 0 Å². The summed E-state index contributed by atoms with van der Waals surface area (Å²) in [7, 11) is 0. The molecule has 1 aromatic rings. The van der Waals surface area contributed by atoms with Crippen molar-refractivity contribution in [3.63, 3.8) is 0 Å². The third kappa shape index (κ3) is 2.69. The van der Waals surface area contributed by atoms with Gasteiger partial charge in [-0.05, 0) is 50.4 Å². The van der Waals surface area contributed by atoms with Crippen molar-refractivity contribution in [2.24, 2.45) is 5.73 Å². The lowest BCUT2D eigenvalue weighted by atomic mass is 10.2. The Morgan fingerprint density at radius 1 is 1.53 bits per heavy atom. The van der Waals surface area contributed by atoms with Crippen LogP contribution in [0.5, 0.6) is 0 Å². The molecule has 1 aliphatic rings. The summed E-state index contributed by atoms with van der Waals surface area (Å²) in [6.45, 7) is 3.91. The fourth-order valence-electron chi connectivity index (χ4n) is 1.81. The van der Waals surface area contributed by atoms with Crippen molar-refractivity contribution in [1.29, 1.82) is 0 Å². The van der Waals surface area contributed by atoms with Crippen LogP contribution in [-0.4, -0.2) is 24.1 Å². The van der Waals surface area contributed by atoms with Crippen LogP contribution < -0.4 is 10.6 Å². The summed E-state index contributed by atoms with van der Waals surface area (Å²) in [5, 5.41) is 0. The number of rotatable bonds is 5. The maximum absolute atomic E-state index is 5.56. The van der Waals surface area contributed by atoms with E-state index >= 15 is 0 Å². The quantitative estimate of drug-likeness (QED) is 0.795. The number of nitrogens with two attached hydrogens (primary N) is 1. The SMILES string of the molecule is Cc1ccnc(N(CCCN)C2CC2)c1. The molecule has 0 atom stereocenters. The summed E-state index contributed by atoms with van der Waals surface area (Å²) in [4.78, 5) is 6.84. The van der Waals surface area contributed by atoms with Crippen LogP contribution in [-0.2, 0) is 0 Å². The van der Waals surface area contributed by atoms with Gasteiger partial charge in [0.2, 0.25) is 0 Å². The molecular weight excluding hydrogens is 186 g/mol. The highest BCUT2D eigenvalue weighted by molar-refractivity contribution is 5.43. The van der Waals surface area contributed by atoms with Crippen LogP contribution >= 0.6 is 0 Å². The fourth-order valence-corrected chi connectivity index (χ4v) is 1.81. The summed E-state index contributed by atoms with van der Waals surface area (Å²) >= 11 is 0. The standard InChI is InChI=1S/C12H19N3/c1-10-5-7-14-12(9-10)15(8-2-6-13)11-3-4-11/h5,7,9,11H,2-4,6,8,13H2,1H3. The average Bonchev–Trinajstić information content (AvgIpc) is 3.03. The Balaban J connectivity index is 2.09. The second-order valence-corrected chi connectivity index (χ2v) is 4.26. The van der Waals surface area contributed by atoms with Crippen molar-refractivity contribution in [3.8, 4) is 0 Å². The minimum absolute atomic E-state index is 0.714. The summed E-state index contributed by atoms with van der Waals surface area (Å²) in [6, 6.07) is 4.91. The van der Waals surface area contributed by atoms with E-state index in [4.69, 9.17) is 5.73 Å².